The van der Waals surface area contributed by atoms with E-state index in [1.165, 1.54) is 0 Å². The minimum Gasteiger partial charge on any atom is -0.350 e. The number of rotatable bonds is 3. The van der Waals surface area contributed by atoms with Crippen LogP contribution in [0.4, 0.5) is 4.79 Å². The van der Waals surface area contributed by atoms with Crippen LogP contribution in [0.5, 0.6) is 0 Å². The van der Waals surface area contributed by atoms with E-state index >= 15 is 0 Å². The molecule has 1 aliphatic carbocycles. The quantitative estimate of drug-likeness (QED) is 0.360. The van der Waals surface area contributed by atoms with Crippen LogP contribution in [0.1, 0.15) is 46.0 Å². The summed E-state index contributed by atoms with van der Waals surface area (Å²) in [6.45, 7) is 3.60. The highest BCUT2D eigenvalue weighted by Gasteiger charge is 2.50. The van der Waals surface area contributed by atoms with Gasteiger partial charge in [0.15, 0.2) is 0 Å². The lowest BCUT2D eigenvalue weighted by atomic mass is 9.70. The summed E-state index contributed by atoms with van der Waals surface area (Å²) in [4.78, 5) is 20.6. The number of halogens is 1. The van der Waals surface area contributed by atoms with Crippen molar-refractivity contribution in [2.45, 2.75) is 50.9 Å². The summed E-state index contributed by atoms with van der Waals surface area (Å²) in [6.07, 6.45) is 4.99. The fourth-order valence-electron chi connectivity index (χ4n) is 2.37. The zero-order valence-electron chi connectivity index (χ0n) is 9.70. The summed E-state index contributed by atoms with van der Waals surface area (Å²) in [7, 11) is 0. The molecule has 1 unspecified atom stereocenters. The first-order valence-corrected chi connectivity index (χ1v) is 5.85. The number of primary amides is 1. The molecule has 0 bridgehead atoms. The van der Waals surface area contributed by atoms with Gasteiger partial charge in [0.25, 0.3) is 0 Å². The first kappa shape index (κ1) is 13.2. The molecule has 0 saturated heterocycles. The predicted octanol–water partition coefficient (Wildman–Crippen LogP) is 2.97. The van der Waals surface area contributed by atoms with Gasteiger partial charge < -0.3 is 5.73 Å². The lowest BCUT2D eigenvalue weighted by Crippen LogP contribution is -2.55. The van der Waals surface area contributed by atoms with Crippen molar-refractivity contribution in [3.63, 3.8) is 0 Å². The predicted molar refractivity (Wildman–Crippen MR) is 62.7 cm³/mol. The Kier molecular flexibility index (Phi) is 3.78. The normalized spacial score (nSPS) is 23.2. The number of urea groups is 1. The highest BCUT2D eigenvalue weighted by molar-refractivity contribution is 6.24. The van der Waals surface area contributed by atoms with Crippen LogP contribution in [0.15, 0.2) is 5.29 Å². The first-order valence-electron chi connectivity index (χ1n) is 5.47. The summed E-state index contributed by atoms with van der Waals surface area (Å²) in [5.41, 5.74) is 4.78. The summed E-state index contributed by atoms with van der Waals surface area (Å²) >= 11 is 6.35. The SMILES string of the molecule is CC1(C(C)(Cl)N(N=O)C(N)=O)CCCCC1. The van der Waals surface area contributed by atoms with Gasteiger partial charge in [-0.1, -0.05) is 37.8 Å². The van der Waals surface area contributed by atoms with Gasteiger partial charge in [-0.3, -0.25) is 0 Å². The van der Waals surface area contributed by atoms with E-state index in [-0.39, 0.29) is 5.41 Å². The van der Waals surface area contributed by atoms with Crippen LogP contribution >= 0.6 is 11.6 Å². The van der Waals surface area contributed by atoms with Crippen molar-refractivity contribution in [1.29, 1.82) is 0 Å². The largest absolute Gasteiger partial charge is 0.350 e. The third-order valence-corrected chi connectivity index (χ3v) is 4.36. The maximum absolute atomic E-state index is 11.1. The number of nitrogens with zero attached hydrogens (tertiary/aromatic N) is 2. The molecule has 2 amide bonds. The van der Waals surface area contributed by atoms with E-state index in [1.807, 2.05) is 6.92 Å². The van der Waals surface area contributed by atoms with Crippen molar-refractivity contribution >= 4 is 17.6 Å². The van der Waals surface area contributed by atoms with Crippen molar-refractivity contribution in [1.82, 2.24) is 5.01 Å². The standard InChI is InChI=1S/C10H18ClN3O2/c1-9(6-4-3-5-7-9)10(2,11)14(13-16)8(12)15/h3-7H2,1-2H3,(H2,12,15). The summed E-state index contributed by atoms with van der Waals surface area (Å²) in [5, 5.41) is 3.31. The van der Waals surface area contributed by atoms with Gasteiger partial charge in [-0.05, 0) is 19.8 Å². The van der Waals surface area contributed by atoms with E-state index in [2.05, 4.69) is 5.29 Å². The van der Waals surface area contributed by atoms with Gasteiger partial charge in [0.2, 0.25) is 0 Å². The molecule has 0 aromatic rings. The Balaban J connectivity index is 2.97. The van der Waals surface area contributed by atoms with Crippen molar-refractivity contribution < 1.29 is 4.79 Å². The Morgan fingerprint density at radius 2 is 1.94 bits per heavy atom. The van der Waals surface area contributed by atoms with E-state index in [0.717, 1.165) is 32.1 Å². The molecule has 5 nitrogen and oxygen atoms in total. The van der Waals surface area contributed by atoms with Crippen LogP contribution in [0.25, 0.3) is 0 Å². The van der Waals surface area contributed by atoms with Crippen LogP contribution in [0.3, 0.4) is 0 Å². The van der Waals surface area contributed by atoms with Crippen molar-refractivity contribution in [3.8, 4) is 0 Å². The molecular formula is C10H18ClN3O2. The Hall–Kier alpha value is -0.840. The van der Waals surface area contributed by atoms with Gasteiger partial charge in [-0.15, -0.1) is 4.91 Å². The first-order chi connectivity index (χ1) is 7.35. The highest BCUT2D eigenvalue weighted by Crippen LogP contribution is 2.49. The summed E-state index contributed by atoms with van der Waals surface area (Å²) in [5.74, 6) is 0. The molecule has 0 radical (unpaired) electrons. The third-order valence-electron chi connectivity index (χ3n) is 3.75. The highest BCUT2D eigenvalue weighted by atomic mass is 35.5. The van der Waals surface area contributed by atoms with Crippen LogP contribution in [-0.2, 0) is 0 Å². The minimum atomic E-state index is -1.15. The van der Waals surface area contributed by atoms with Crippen molar-refractivity contribution in [3.05, 3.63) is 4.91 Å². The zero-order valence-corrected chi connectivity index (χ0v) is 10.5. The van der Waals surface area contributed by atoms with Crippen LogP contribution < -0.4 is 5.73 Å². The molecule has 0 aliphatic heterocycles. The number of amides is 2. The maximum Gasteiger partial charge on any atom is 0.339 e. The van der Waals surface area contributed by atoms with E-state index in [0.29, 0.717) is 5.01 Å². The molecule has 1 saturated carbocycles. The average Bonchev–Trinajstić information content (AvgIpc) is 2.18. The average molecular weight is 248 g/mol. The maximum atomic E-state index is 11.1. The molecule has 92 valence electrons. The third kappa shape index (κ3) is 2.14. The summed E-state index contributed by atoms with van der Waals surface area (Å²) < 4.78 is 0. The fourth-order valence-corrected chi connectivity index (χ4v) is 2.67. The molecule has 0 spiro atoms. The van der Waals surface area contributed by atoms with E-state index in [9.17, 15) is 9.70 Å². The molecule has 16 heavy (non-hydrogen) atoms. The molecule has 1 fully saturated rings. The smallest absolute Gasteiger partial charge is 0.339 e. The number of carbonyl (C=O) groups is 1. The van der Waals surface area contributed by atoms with Gasteiger partial charge in [0.1, 0.15) is 5.00 Å². The number of hydrogen-bond acceptors (Lipinski definition) is 3. The molecule has 0 aromatic carbocycles. The molecule has 0 heterocycles. The second-order valence-corrected chi connectivity index (χ2v) is 5.54. The number of carbonyl (C=O) groups excluding carboxylic acids is 1. The van der Waals surface area contributed by atoms with Gasteiger partial charge >= 0.3 is 6.03 Å². The van der Waals surface area contributed by atoms with Gasteiger partial charge in [-0.25, -0.2) is 4.79 Å². The Morgan fingerprint density at radius 1 is 1.44 bits per heavy atom. The minimum absolute atomic E-state index is 0.324. The van der Waals surface area contributed by atoms with E-state index in [1.54, 1.807) is 6.92 Å². The number of alkyl halides is 1. The molecule has 1 atom stereocenters. The van der Waals surface area contributed by atoms with Crippen LogP contribution in [-0.4, -0.2) is 16.0 Å². The second-order valence-electron chi connectivity index (χ2n) is 4.81. The van der Waals surface area contributed by atoms with E-state index in [4.69, 9.17) is 17.3 Å². The van der Waals surface area contributed by atoms with Crippen molar-refractivity contribution in [2.24, 2.45) is 16.4 Å². The monoisotopic (exact) mass is 247 g/mol. The number of nitroso groups, excluding NO2 is 1. The number of nitrogens with two attached hydrogens (primary N) is 1. The lowest BCUT2D eigenvalue weighted by Gasteiger charge is -2.46. The lowest BCUT2D eigenvalue weighted by molar-refractivity contribution is 0.0490. The van der Waals surface area contributed by atoms with Crippen LogP contribution in [0, 0.1) is 10.3 Å². The van der Waals surface area contributed by atoms with Gasteiger partial charge in [0.05, 0.1) is 5.29 Å². The Morgan fingerprint density at radius 3 is 2.31 bits per heavy atom. The molecule has 0 aromatic heterocycles. The molecule has 1 rings (SSSR count). The molecule has 1 aliphatic rings. The fraction of sp³-hybridized carbons (Fsp3) is 0.900. The van der Waals surface area contributed by atoms with E-state index < -0.39 is 11.0 Å². The van der Waals surface area contributed by atoms with Gasteiger partial charge in [-0.2, -0.15) is 5.01 Å². The van der Waals surface area contributed by atoms with Crippen molar-refractivity contribution in [2.75, 3.05) is 0 Å². The van der Waals surface area contributed by atoms with Crippen LogP contribution in [0.2, 0.25) is 0 Å². The number of hydrogen-bond donors (Lipinski definition) is 1. The molecule has 2 N–H and O–H groups in total. The zero-order chi connectivity index (χ0) is 12.4. The summed E-state index contributed by atoms with van der Waals surface area (Å²) in [6, 6.07) is -0.903. The molecule has 6 heteroatoms. The topological polar surface area (TPSA) is 75.8 Å². The van der Waals surface area contributed by atoms with Gasteiger partial charge in [0, 0.05) is 5.41 Å². The molecular weight excluding hydrogens is 230 g/mol. The Labute approximate surface area is 100 Å². The second kappa shape index (κ2) is 4.57. The Bertz CT molecular complexity index is 288.